The maximum atomic E-state index is 12.1. The molecule has 0 spiro atoms. The fourth-order valence-corrected chi connectivity index (χ4v) is 2.63. The number of hydrogen-bond donors (Lipinski definition) is 1. The Hall–Kier alpha value is -0.960. The smallest absolute Gasteiger partial charge is 0.233 e. The molecule has 1 atom stereocenters. The Kier molecular flexibility index (Phi) is 5.31. The van der Waals surface area contributed by atoms with Crippen molar-refractivity contribution in [1.82, 2.24) is 5.32 Å². The Balaban J connectivity index is 2.67. The standard InChI is InChI=1S/C17H27NOS/c1-12(15(19)18-17(5,6)7)20-14-10-8-13(9-11-14)16(2,3)4/h8-12H,1-7H3,(H,18,19). The maximum absolute atomic E-state index is 12.1. The molecule has 1 aromatic rings. The topological polar surface area (TPSA) is 29.1 Å². The molecule has 0 aromatic heterocycles. The molecule has 0 radical (unpaired) electrons. The molecule has 1 aromatic carbocycles. The van der Waals surface area contributed by atoms with Crippen molar-refractivity contribution in [2.45, 2.75) is 69.6 Å². The van der Waals surface area contributed by atoms with Crippen molar-refractivity contribution in [1.29, 1.82) is 0 Å². The van der Waals surface area contributed by atoms with Crippen LogP contribution in [-0.4, -0.2) is 16.7 Å². The molecule has 0 fully saturated rings. The van der Waals surface area contributed by atoms with Crippen LogP contribution in [0, 0.1) is 0 Å². The van der Waals surface area contributed by atoms with Crippen LogP contribution in [0.25, 0.3) is 0 Å². The number of rotatable bonds is 3. The summed E-state index contributed by atoms with van der Waals surface area (Å²) in [6.45, 7) is 14.6. The zero-order valence-electron chi connectivity index (χ0n) is 13.7. The van der Waals surface area contributed by atoms with E-state index < -0.39 is 0 Å². The lowest BCUT2D eigenvalue weighted by Crippen LogP contribution is -2.44. The summed E-state index contributed by atoms with van der Waals surface area (Å²) in [6, 6.07) is 8.51. The number of thioether (sulfide) groups is 1. The van der Waals surface area contributed by atoms with Crippen molar-refractivity contribution < 1.29 is 4.79 Å². The predicted molar refractivity (Wildman–Crippen MR) is 88.4 cm³/mol. The Bertz CT molecular complexity index is 451. The average molecular weight is 293 g/mol. The van der Waals surface area contributed by atoms with Crippen molar-refractivity contribution in [3.63, 3.8) is 0 Å². The second kappa shape index (κ2) is 6.21. The van der Waals surface area contributed by atoms with Crippen LogP contribution < -0.4 is 5.32 Å². The predicted octanol–water partition coefficient (Wildman–Crippen LogP) is 4.38. The highest BCUT2D eigenvalue weighted by Crippen LogP contribution is 2.28. The molecule has 112 valence electrons. The van der Waals surface area contributed by atoms with Crippen LogP contribution in [0.5, 0.6) is 0 Å². The first-order chi connectivity index (χ1) is 8.99. The van der Waals surface area contributed by atoms with Gasteiger partial charge in [0.15, 0.2) is 0 Å². The first-order valence-electron chi connectivity index (χ1n) is 7.08. The van der Waals surface area contributed by atoms with Gasteiger partial charge in [-0.15, -0.1) is 11.8 Å². The first-order valence-corrected chi connectivity index (χ1v) is 7.96. The Morgan fingerprint density at radius 3 is 1.95 bits per heavy atom. The Morgan fingerprint density at radius 1 is 1.05 bits per heavy atom. The molecule has 0 saturated heterocycles. The lowest BCUT2D eigenvalue weighted by molar-refractivity contribution is -0.121. The molecule has 1 rings (SSSR count). The number of amides is 1. The molecule has 0 bridgehead atoms. The summed E-state index contributed by atoms with van der Waals surface area (Å²) in [6.07, 6.45) is 0. The molecule has 0 heterocycles. The molecule has 2 nitrogen and oxygen atoms in total. The van der Waals surface area contributed by atoms with E-state index in [-0.39, 0.29) is 22.1 Å². The zero-order valence-corrected chi connectivity index (χ0v) is 14.5. The van der Waals surface area contributed by atoms with Gasteiger partial charge < -0.3 is 5.32 Å². The van der Waals surface area contributed by atoms with E-state index >= 15 is 0 Å². The van der Waals surface area contributed by atoms with Gasteiger partial charge >= 0.3 is 0 Å². The number of carbonyl (C=O) groups is 1. The largest absolute Gasteiger partial charge is 0.351 e. The molecule has 1 N–H and O–H groups in total. The number of benzene rings is 1. The van der Waals surface area contributed by atoms with E-state index in [4.69, 9.17) is 0 Å². The molecular formula is C17H27NOS. The summed E-state index contributed by atoms with van der Waals surface area (Å²) in [5.74, 6) is 0.0856. The van der Waals surface area contributed by atoms with Crippen LogP contribution in [0.3, 0.4) is 0 Å². The van der Waals surface area contributed by atoms with E-state index in [0.717, 1.165) is 4.90 Å². The fraction of sp³-hybridized carbons (Fsp3) is 0.588. The number of nitrogens with one attached hydrogen (secondary N) is 1. The van der Waals surface area contributed by atoms with Crippen molar-refractivity contribution in [2.75, 3.05) is 0 Å². The van der Waals surface area contributed by atoms with E-state index in [0.29, 0.717) is 0 Å². The van der Waals surface area contributed by atoms with Gasteiger partial charge in [-0.1, -0.05) is 32.9 Å². The first kappa shape index (κ1) is 17.1. The maximum Gasteiger partial charge on any atom is 0.233 e. The van der Waals surface area contributed by atoms with Crippen LogP contribution in [-0.2, 0) is 10.2 Å². The molecule has 1 unspecified atom stereocenters. The highest BCUT2D eigenvalue weighted by molar-refractivity contribution is 8.00. The third kappa shape index (κ3) is 5.58. The van der Waals surface area contributed by atoms with Crippen LogP contribution in [0.15, 0.2) is 29.2 Å². The van der Waals surface area contributed by atoms with E-state index in [1.54, 1.807) is 11.8 Å². The van der Waals surface area contributed by atoms with Gasteiger partial charge in [0.2, 0.25) is 5.91 Å². The highest BCUT2D eigenvalue weighted by Gasteiger charge is 2.20. The molecule has 0 saturated carbocycles. The normalized spacial score (nSPS) is 13.9. The average Bonchev–Trinajstić information content (AvgIpc) is 2.26. The summed E-state index contributed by atoms with van der Waals surface area (Å²) in [5.41, 5.74) is 1.30. The third-order valence-corrected chi connectivity index (χ3v) is 4.01. The molecule has 3 heteroatoms. The van der Waals surface area contributed by atoms with E-state index in [1.807, 2.05) is 27.7 Å². The molecule has 0 aliphatic heterocycles. The van der Waals surface area contributed by atoms with Crippen molar-refractivity contribution in [3.8, 4) is 0 Å². The minimum absolute atomic E-state index is 0.0856. The molecule has 0 aliphatic rings. The summed E-state index contributed by atoms with van der Waals surface area (Å²) < 4.78 is 0. The Labute approximate surface area is 127 Å². The molecule has 20 heavy (non-hydrogen) atoms. The summed E-state index contributed by atoms with van der Waals surface area (Å²) in [4.78, 5) is 13.2. The Morgan fingerprint density at radius 2 is 1.55 bits per heavy atom. The monoisotopic (exact) mass is 293 g/mol. The van der Waals surface area contributed by atoms with Gasteiger partial charge in [-0.25, -0.2) is 0 Å². The van der Waals surface area contributed by atoms with Gasteiger partial charge in [0.05, 0.1) is 5.25 Å². The van der Waals surface area contributed by atoms with Gasteiger partial charge in [-0.05, 0) is 50.8 Å². The lowest BCUT2D eigenvalue weighted by atomic mass is 9.87. The molecule has 0 aliphatic carbocycles. The van der Waals surface area contributed by atoms with Gasteiger partial charge in [-0.3, -0.25) is 4.79 Å². The minimum atomic E-state index is -0.179. The van der Waals surface area contributed by atoms with Gasteiger partial charge in [0.1, 0.15) is 0 Å². The highest BCUT2D eigenvalue weighted by atomic mass is 32.2. The quantitative estimate of drug-likeness (QED) is 0.838. The summed E-state index contributed by atoms with van der Waals surface area (Å²) in [5, 5.41) is 2.93. The number of hydrogen-bond acceptors (Lipinski definition) is 2. The van der Waals surface area contributed by atoms with Crippen LogP contribution in [0.1, 0.15) is 54.0 Å². The van der Waals surface area contributed by atoms with Crippen molar-refractivity contribution >= 4 is 17.7 Å². The SMILES string of the molecule is CC(Sc1ccc(C(C)(C)C)cc1)C(=O)NC(C)(C)C. The summed E-state index contributed by atoms with van der Waals surface area (Å²) in [7, 11) is 0. The van der Waals surface area contributed by atoms with Gasteiger partial charge in [-0.2, -0.15) is 0 Å². The van der Waals surface area contributed by atoms with Gasteiger partial charge in [0.25, 0.3) is 0 Å². The van der Waals surface area contributed by atoms with E-state index in [2.05, 4.69) is 50.4 Å². The van der Waals surface area contributed by atoms with E-state index in [9.17, 15) is 4.79 Å². The van der Waals surface area contributed by atoms with Crippen molar-refractivity contribution in [3.05, 3.63) is 29.8 Å². The lowest BCUT2D eigenvalue weighted by Gasteiger charge is -2.23. The van der Waals surface area contributed by atoms with Crippen LogP contribution >= 0.6 is 11.8 Å². The molecular weight excluding hydrogens is 266 g/mol. The summed E-state index contributed by atoms with van der Waals surface area (Å²) >= 11 is 1.60. The van der Waals surface area contributed by atoms with Crippen LogP contribution in [0.2, 0.25) is 0 Å². The van der Waals surface area contributed by atoms with E-state index in [1.165, 1.54) is 5.56 Å². The second-order valence-corrected chi connectivity index (χ2v) is 8.69. The third-order valence-electron chi connectivity index (χ3n) is 2.90. The van der Waals surface area contributed by atoms with Gasteiger partial charge in [0, 0.05) is 10.4 Å². The van der Waals surface area contributed by atoms with Crippen molar-refractivity contribution in [2.24, 2.45) is 0 Å². The minimum Gasteiger partial charge on any atom is -0.351 e. The fourth-order valence-electron chi connectivity index (χ4n) is 1.76. The zero-order chi connectivity index (χ0) is 15.6. The van der Waals surface area contributed by atoms with Crippen LogP contribution in [0.4, 0.5) is 0 Å². The second-order valence-electron chi connectivity index (χ2n) is 7.27. The molecule has 1 amide bonds. The number of carbonyl (C=O) groups excluding carboxylic acids is 1.